The fourth-order valence-corrected chi connectivity index (χ4v) is 4.52. The van der Waals surface area contributed by atoms with Crippen LogP contribution in [0.2, 0.25) is 0 Å². The molecule has 0 unspecified atom stereocenters. The molecule has 0 spiro atoms. The maximum Gasteiger partial charge on any atom is 0.409 e. The minimum atomic E-state index is -3.60. The summed E-state index contributed by atoms with van der Waals surface area (Å²) in [6, 6.07) is 12.7. The van der Waals surface area contributed by atoms with Crippen LogP contribution in [0.5, 0.6) is 0 Å². The molecule has 1 heterocycles. The van der Waals surface area contributed by atoms with Crippen LogP contribution in [-0.4, -0.2) is 56.5 Å². The molecule has 0 radical (unpaired) electrons. The molecule has 1 fully saturated rings. The third-order valence-corrected chi connectivity index (χ3v) is 6.09. The lowest BCUT2D eigenvalue weighted by molar-refractivity contribution is 0.0934. The van der Waals surface area contributed by atoms with Crippen LogP contribution in [0.3, 0.4) is 0 Å². The van der Waals surface area contributed by atoms with Crippen molar-refractivity contribution in [2.24, 2.45) is 0 Å². The van der Waals surface area contributed by atoms with Crippen LogP contribution in [0.15, 0.2) is 47.4 Å². The van der Waals surface area contributed by atoms with Gasteiger partial charge in [-0.05, 0) is 18.4 Å². The molecule has 0 aromatic heterocycles. The van der Waals surface area contributed by atoms with E-state index in [1.807, 2.05) is 30.3 Å². The molecule has 24 heavy (non-hydrogen) atoms. The zero-order chi connectivity index (χ0) is 17.2. The van der Waals surface area contributed by atoms with E-state index in [-0.39, 0.29) is 19.2 Å². The average Bonchev–Trinajstić information content (AvgIpc) is 2.61. The molecule has 1 amide bonds. The van der Waals surface area contributed by atoms with E-state index < -0.39 is 10.0 Å². The van der Waals surface area contributed by atoms with Crippen LogP contribution in [0.25, 0.3) is 10.8 Å². The maximum atomic E-state index is 13.0. The van der Waals surface area contributed by atoms with Gasteiger partial charge in [-0.3, -0.25) is 0 Å². The van der Waals surface area contributed by atoms with Gasteiger partial charge in [-0.25, -0.2) is 13.2 Å². The van der Waals surface area contributed by atoms with Crippen molar-refractivity contribution in [3.8, 4) is 0 Å². The van der Waals surface area contributed by atoms with Crippen molar-refractivity contribution in [2.75, 3.05) is 32.8 Å². The van der Waals surface area contributed by atoms with E-state index in [4.69, 9.17) is 4.74 Å². The Balaban J connectivity index is 1.83. The van der Waals surface area contributed by atoms with E-state index in [1.54, 1.807) is 24.0 Å². The molecule has 0 N–H and O–H groups in total. The number of rotatable bonds is 3. The number of carbonyl (C=O) groups is 1. The zero-order valence-corrected chi connectivity index (χ0v) is 14.3. The summed E-state index contributed by atoms with van der Waals surface area (Å²) >= 11 is 0. The number of carbonyl (C=O) groups excluding carboxylic acids is 1. The summed E-state index contributed by atoms with van der Waals surface area (Å²) in [5, 5.41) is 1.61. The zero-order valence-electron chi connectivity index (χ0n) is 13.5. The minimum Gasteiger partial charge on any atom is -0.450 e. The second-order valence-electron chi connectivity index (χ2n) is 5.57. The molecule has 2 aromatic rings. The summed E-state index contributed by atoms with van der Waals surface area (Å²) in [7, 11) is -3.60. The molecular formula is C17H20N2O4S. The molecule has 0 bridgehead atoms. The molecule has 1 aliphatic heterocycles. The number of sulfonamides is 1. The Hall–Kier alpha value is -2.12. The summed E-state index contributed by atoms with van der Waals surface area (Å²) in [6.07, 6.45) is -0.389. The highest BCUT2D eigenvalue weighted by atomic mass is 32.2. The van der Waals surface area contributed by atoms with Gasteiger partial charge in [-0.1, -0.05) is 36.4 Å². The molecule has 0 saturated carbocycles. The van der Waals surface area contributed by atoms with Gasteiger partial charge in [0.15, 0.2) is 0 Å². The maximum absolute atomic E-state index is 13.0. The topological polar surface area (TPSA) is 66.9 Å². The third-order valence-electron chi connectivity index (χ3n) is 4.13. The number of fused-ring (bicyclic) bond motifs is 1. The Kier molecular flexibility index (Phi) is 4.73. The van der Waals surface area contributed by atoms with Crippen LogP contribution in [-0.2, 0) is 14.8 Å². The van der Waals surface area contributed by atoms with Crippen LogP contribution >= 0.6 is 0 Å². The van der Waals surface area contributed by atoms with Gasteiger partial charge in [-0.2, -0.15) is 4.31 Å². The number of piperazine rings is 1. The van der Waals surface area contributed by atoms with E-state index in [2.05, 4.69) is 0 Å². The largest absolute Gasteiger partial charge is 0.450 e. The van der Waals surface area contributed by atoms with Crippen molar-refractivity contribution in [1.29, 1.82) is 0 Å². The Bertz CT molecular complexity index is 837. The van der Waals surface area contributed by atoms with E-state index in [9.17, 15) is 13.2 Å². The van der Waals surface area contributed by atoms with Gasteiger partial charge in [0.1, 0.15) is 0 Å². The molecule has 3 rings (SSSR count). The second kappa shape index (κ2) is 6.78. The van der Waals surface area contributed by atoms with Gasteiger partial charge in [-0.15, -0.1) is 0 Å². The molecule has 1 saturated heterocycles. The quantitative estimate of drug-likeness (QED) is 0.854. The molecule has 7 heteroatoms. The van der Waals surface area contributed by atoms with Crippen LogP contribution in [0.4, 0.5) is 4.79 Å². The number of benzene rings is 2. The van der Waals surface area contributed by atoms with Gasteiger partial charge in [0.05, 0.1) is 11.5 Å². The number of ether oxygens (including phenoxy) is 1. The van der Waals surface area contributed by atoms with Crippen molar-refractivity contribution >= 4 is 26.9 Å². The molecule has 1 aliphatic rings. The van der Waals surface area contributed by atoms with Crippen molar-refractivity contribution in [2.45, 2.75) is 11.8 Å². The summed E-state index contributed by atoms with van der Waals surface area (Å²) < 4.78 is 32.4. The standard InChI is InChI=1S/C17H20N2O4S/c1-2-23-17(20)18-10-12-19(13-11-18)24(21,22)16-9-5-7-14-6-3-4-8-15(14)16/h3-9H,2,10-13H2,1H3. The fourth-order valence-electron chi connectivity index (χ4n) is 2.89. The summed E-state index contributed by atoms with van der Waals surface area (Å²) in [4.78, 5) is 13.6. The van der Waals surface area contributed by atoms with Gasteiger partial charge in [0, 0.05) is 31.6 Å². The van der Waals surface area contributed by atoms with Crippen molar-refractivity contribution in [3.63, 3.8) is 0 Å². The Morgan fingerprint density at radius 1 is 1.04 bits per heavy atom. The van der Waals surface area contributed by atoms with Crippen LogP contribution in [0.1, 0.15) is 6.92 Å². The summed E-state index contributed by atoms with van der Waals surface area (Å²) in [5.41, 5.74) is 0. The first-order valence-corrected chi connectivity index (χ1v) is 9.37. The van der Waals surface area contributed by atoms with Gasteiger partial charge in [0.25, 0.3) is 0 Å². The highest BCUT2D eigenvalue weighted by Gasteiger charge is 2.31. The SMILES string of the molecule is CCOC(=O)N1CCN(S(=O)(=O)c2cccc3ccccc23)CC1. The predicted octanol–water partition coefficient (Wildman–Crippen LogP) is 2.30. The highest BCUT2D eigenvalue weighted by Crippen LogP contribution is 2.26. The van der Waals surface area contributed by atoms with Crippen LogP contribution in [0, 0.1) is 0 Å². The average molecular weight is 348 g/mol. The predicted molar refractivity (Wildman–Crippen MR) is 91.3 cm³/mol. The summed E-state index contributed by atoms with van der Waals surface area (Å²) in [6.45, 7) is 3.27. The lowest BCUT2D eigenvalue weighted by Gasteiger charge is -2.33. The van der Waals surface area contributed by atoms with Gasteiger partial charge in [0.2, 0.25) is 10.0 Å². The lowest BCUT2D eigenvalue weighted by atomic mass is 10.1. The lowest BCUT2D eigenvalue weighted by Crippen LogP contribution is -2.50. The van der Waals surface area contributed by atoms with Gasteiger partial charge < -0.3 is 9.64 Å². The fraction of sp³-hybridized carbons (Fsp3) is 0.353. The minimum absolute atomic E-state index is 0.268. The van der Waals surface area contributed by atoms with E-state index >= 15 is 0 Å². The van der Waals surface area contributed by atoms with E-state index in [0.717, 1.165) is 5.39 Å². The Morgan fingerprint density at radius 2 is 1.71 bits per heavy atom. The molecule has 0 atom stereocenters. The molecule has 128 valence electrons. The Labute approximate surface area is 141 Å². The van der Waals surface area contributed by atoms with Crippen molar-refractivity contribution < 1.29 is 17.9 Å². The highest BCUT2D eigenvalue weighted by molar-refractivity contribution is 7.89. The third kappa shape index (κ3) is 3.09. The summed E-state index contributed by atoms with van der Waals surface area (Å²) in [5.74, 6) is 0. The smallest absolute Gasteiger partial charge is 0.409 e. The first kappa shape index (κ1) is 16.7. The number of hydrogen-bond donors (Lipinski definition) is 0. The van der Waals surface area contributed by atoms with E-state index in [0.29, 0.717) is 30.0 Å². The van der Waals surface area contributed by atoms with Crippen molar-refractivity contribution in [1.82, 2.24) is 9.21 Å². The molecule has 0 aliphatic carbocycles. The van der Waals surface area contributed by atoms with E-state index in [1.165, 1.54) is 4.31 Å². The van der Waals surface area contributed by atoms with Gasteiger partial charge >= 0.3 is 6.09 Å². The first-order chi connectivity index (χ1) is 11.5. The number of nitrogens with zero attached hydrogens (tertiary/aromatic N) is 2. The number of amides is 1. The van der Waals surface area contributed by atoms with Crippen molar-refractivity contribution in [3.05, 3.63) is 42.5 Å². The molecule has 6 nitrogen and oxygen atoms in total. The normalized spacial score (nSPS) is 16.3. The second-order valence-corrected chi connectivity index (χ2v) is 7.47. The molecular weight excluding hydrogens is 328 g/mol. The Morgan fingerprint density at radius 3 is 2.42 bits per heavy atom. The number of hydrogen-bond acceptors (Lipinski definition) is 4. The van der Waals surface area contributed by atoms with Crippen LogP contribution < -0.4 is 0 Å². The molecule has 2 aromatic carbocycles. The first-order valence-electron chi connectivity index (χ1n) is 7.93. The monoisotopic (exact) mass is 348 g/mol.